The number of carbonyl (C=O) groups is 1. The minimum atomic E-state index is -0.901. The van der Waals surface area contributed by atoms with Crippen LogP contribution < -0.4 is 4.90 Å². The van der Waals surface area contributed by atoms with Crippen LogP contribution in [0.25, 0.3) is 0 Å². The van der Waals surface area contributed by atoms with Crippen molar-refractivity contribution in [2.24, 2.45) is 0 Å². The lowest BCUT2D eigenvalue weighted by Crippen LogP contribution is -2.36. The third-order valence-electron chi connectivity index (χ3n) is 3.52. The zero-order valence-corrected chi connectivity index (χ0v) is 10.3. The van der Waals surface area contributed by atoms with Crippen molar-refractivity contribution in [3.8, 4) is 0 Å². The molecule has 0 radical (unpaired) electrons. The molecular weight excluding hydrogens is 216 g/mol. The number of nitrogens with zero attached hydrogens (tertiary/aromatic N) is 2. The number of rotatable bonds is 3. The fourth-order valence-corrected chi connectivity index (χ4v) is 2.62. The molecule has 1 aliphatic heterocycles. The second-order valence-electron chi connectivity index (χ2n) is 4.58. The van der Waals surface area contributed by atoms with Gasteiger partial charge in [-0.25, -0.2) is 9.78 Å². The highest BCUT2D eigenvalue weighted by atomic mass is 16.4. The Morgan fingerprint density at radius 2 is 2.35 bits per heavy atom. The maximum Gasteiger partial charge on any atom is 0.339 e. The number of carboxylic acids is 1. The second kappa shape index (κ2) is 4.73. The van der Waals surface area contributed by atoms with Crippen LogP contribution in [0.4, 0.5) is 5.82 Å². The summed E-state index contributed by atoms with van der Waals surface area (Å²) in [6.07, 6.45) is 4.92. The molecule has 1 aliphatic rings. The predicted octanol–water partition coefficient (Wildman–Crippen LogP) is 2.55. The molecule has 2 atom stereocenters. The third kappa shape index (κ3) is 2.12. The van der Waals surface area contributed by atoms with Gasteiger partial charge in [0.1, 0.15) is 11.4 Å². The molecule has 0 saturated carbocycles. The van der Waals surface area contributed by atoms with Crippen molar-refractivity contribution in [3.63, 3.8) is 0 Å². The van der Waals surface area contributed by atoms with E-state index in [1.807, 2.05) is 0 Å². The molecule has 2 heterocycles. The van der Waals surface area contributed by atoms with E-state index in [1.54, 1.807) is 18.3 Å². The molecule has 0 aromatic carbocycles. The molecule has 92 valence electrons. The van der Waals surface area contributed by atoms with Gasteiger partial charge in [0.15, 0.2) is 0 Å². The van der Waals surface area contributed by atoms with Crippen LogP contribution in [0, 0.1) is 0 Å². The molecule has 0 aliphatic carbocycles. The Kier molecular flexibility index (Phi) is 3.31. The number of hydrogen-bond acceptors (Lipinski definition) is 3. The Morgan fingerprint density at radius 1 is 1.59 bits per heavy atom. The summed E-state index contributed by atoms with van der Waals surface area (Å²) in [7, 11) is 0. The van der Waals surface area contributed by atoms with Crippen LogP contribution in [0.15, 0.2) is 18.3 Å². The van der Waals surface area contributed by atoms with Crippen LogP contribution >= 0.6 is 0 Å². The quantitative estimate of drug-likeness (QED) is 0.873. The molecule has 4 heteroatoms. The summed E-state index contributed by atoms with van der Waals surface area (Å²) in [5.41, 5.74) is 0.305. The van der Waals surface area contributed by atoms with Crippen LogP contribution in [0.3, 0.4) is 0 Å². The minimum Gasteiger partial charge on any atom is -0.478 e. The first kappa shape index (κ1) is 11.9. The molecule has 17 heavy (non-hydrogen) atoms. The summed E-state index contributed by atoms with van der Waals surface area (Å²) in [6, 6.07) is 4.09. The van der Waals surface area contributed by atoms with Gasteiger partial charge >= 0.3 is 5.97 Å². The predicted molar refractivity (Wildman–Crippen MR) is 66.5 cm³/mol. The molecule has 0 bridgehead atoms. The Bertz CT molecular complexity index is 420. The maximum absolute atomic E-state index is 11.2. The first-order valence-corrected chi connectivity index (χ1v) is 6.11. The van der Waals surface area contributed by atoms with Gasteiger partial charge in [-0.15, -0.1) is 0 Å². The number of anilines is 1. The first-order valence-electron chi connectivity index (χ1n) is 6.11. The molecule has 2 rings (SSSR count). The molecule has 0 spiro atoms. The fourth-order valence-electron chi connectivity index (χ4n) is 2.62. The van der Waals surface area contributed by atoms with Gasteiger partial charge in [-0.05, 0) is 38.3 Å². The molecule has 1 aromatic rings. The van der Waals surface area contributed by atoms with Gasteiger partial charge in [0.25, 0.3) is 0 Å². The summed E-state index contributed by atoms with van der Waals surface area (Å²) in [4.78, 5) is 17.7. The van der Waals surface area contributed by atoms with Crippen LogP contribution in [-0.4, -0.2) is 28.1 Å². The van der Waals surface area contributed by atoms with Gasteiger partial charge in [-0.1, -0.05) is 6.92 Å². The lowest BCUT2D eigenvalue weighted by atomic mass is 10.1. The van der Waals surface area contributed by atoms with Crippen LogP contribution in [-0.2, 0) is 0 Å². The normalized spacial score (nSPS) is 24.0. The van der Waals surface area contributed by atoms with Crippen LogP contribution in [0.2, 0.25) is 0 Å². The smallest absolute Gasteiger partial charge is 0.339 e. The topological polar surface area (TPSA) is 53.4 Å². The lowest BCUT2D eigenvalue weighted by Gasteiger charge is -2.30. The number of aromatic nitrogens is 1. The SMILES string of the molecule is CCC1CCC(C)N1c1ncccc1C(=O)O. The van der Waals surface area contributed by atoms with Crippen LogP contribution in [0.1, 0.15) is 43.5 Å². The van der Waals surface area contributed by atoms with E-state index in [9.17, 15) is 9.90 Å². The summed E-state index contributed by atoms with van der Waals surface area (Å²) < 4.78 is 0. The Labute approximate surface area is 101 Å². The fraction of sp³-hybridized carbons (Fsp3) is 0.538. The number of aromatic carboxylic acids is 1. The molecule has 1 saturated heterocycles. The Morgan fingerprint density at radius 3 is 3.00 bits per heavy atom. The molecule has 1 aromatic heterocycles. The van der Waals surface area contributed by atoms with Crippen molar-refractivity contribution in [1.29, 1.82) is 0 Å². The molecule has 2 unspecified atom stereocenters. The van der Waals surface area contributed by atoms with E-state index in [2.05, 4.69) is 23.7 Å². The van der Waals surface area contributed by atoms with E-state index in [4.69, 9.17) is 0 Å². The highest BCUT2D eigenvalue weighted by Crippen LogP contribution is 2.32. The Hall–Kier alpha value is -1.58. The first-order chi connectivity index (χ1) is 8.15. The maximum atomic E-state index is 11.2. The van der Waals surface area contributed by atoms with E-state index in [0.717, 1.165) is 19.3 Å². The molecule has 1 fully saturated rings. The number of carboxylic acid groups (broad SMARTS) is 1. The highest BCUT2D eigenvalue weighted by molar-refractivity contribution is 5.93. The van der Waals surface area contributed by atoms with Crippen molar-refractivity contribution in [1.82, 2.24) is 4.98 Å². The molecule has 4 nitrogen and oxygen atoms in total. The van der Waals surface area contributed by atoms with Crippen LogP contribution in [0.5, 0.6) is 0 Å². The van der Waals surface area contributed by atoms with Gasteiger partial charge in [0.05, 0.1) is 0 Å². The van der Waals surface area contributed by atoms with E-state index < -0.39 is 5.97 Å². The number of hydrogen-bond donors (Lipinski definition) is 1. The van der Waals surface area contributed by atoms with E-state index >= 15 is 0 Å². The Balaban J connectivity index is 2.41. The number of pyridine rings is 1. The molecular formula is C13H18N2O2. The largest absolute Gasteiger partial charge is 0.478 e. The zero-order chi connectivity index (χ0) is 12.4. The highest BCUT2D eigenvalue weighted by Gasteiger charge is 2.32. The van der Waals surface area contributed by atoms with Crippen molar-refractivity contribution in [2.45, 2.75) is 45.2 Å². The van der Waals surface area contributed by atoms with Crippen molar-refractivity contribution in [3.05, 3.63) is 23.9 Å². The summed E-state index contributed by atoms with van der Waals surface area (Å²) in [5.74, 6) is -0.279. The van der Waals surface area contributed by atoms with Gasteiger partial charge in [0.2, 0.25) is 0 Å². The van der Waals surface area contributed by atoms with E-state index in [1.165, 1.54) is 0 Å². The minimum absolute atomic E-state index is 0.305. The average Bonchev–Trinajstić information content (AvgIpc) is 2.70. The van der Waals surface area contributed by atoms with E-state index in [0.29, 0.717) is 23.5 Å². The summed E-state index contributed by atoms with van der Waals surface area (Å²) >= 11 is 0. The third-order valence-corrected chi connectivity index (χ3v) is 3.52. The van der Waals surface area contributed by atoms with Crippen molar-refractivity contribution in [2.75, 3.05) is 4.90 Å². The monoisotopic (exact) mass is 234 g/mol. The zero-order valence-electron chi connectivity index (χ0n) is 10.3. The van der Waals surface area contributed by atoms with Crippen molar-refractivity contribution < 1.29 is 9.90 Å². The molecule has 0 amide bonds. The van der Waals surface area contributed by atoms with Gasteiger partial charge in [-0.3, -0.25) is 0 Å². The van der Waals surface area contributed by atoms with E-state index in [-0.39, 0.29) is 0 Å². The summed E-state index contributed by atoms with van der Waals surface area (Å²) in [6.45, 7) is 4.27. The van der Waals surface area contributed by atoms with Crippen molar-refractivity contribution >= 4 is 11.8 Å². The lowest BCUT2D eigenvalue weighted by molar-refractivity contribution is 0.0697. The average molecular weight is 234 g/mol. The molecule has 1 N–H and O–H groups in total. The summed E-state index contributed by atoms with van der Waals surface area (Å²) in [5, 5.41) is 9.20. The second-order valence-corrected chi connectivity index (χ2v) is 4.58. The van der Waals surface area contributed by atoms with Gasteiger partial charge in [-0.2, -0.15) is 0 Å². The van der Waals surface area contributed by atoms with Gasteiger partial charge in [0, 0.05) is 18.3 Å². The standard InChI is InChI=1S/C13H18N2O2/c1-3-10-7-6-9(2)15(10)12-11(13(16)17)5-4-8-14-12/h4-5,8-10H,3,6-7H2,1-2H3,(H,16,17). The van der Waals surface area contributed by atoms with Gasteiger partial charge < -0.3 is 10.0 Å².